The first kappa shape index (κ1) is 18.4. The third-order valence-electron chi connectivity index (χ3n) is 5.35. The number of amides is 2. The molecule has 1 fully saturated rings. The summed E-state index contributed by atoms with van der Waals surface area (Å²) in [6.45, 7) is 1.27. The second kappa shape index (κ2) is 7.56. The third kappa shape index (κ3) is 3.43. The first-order valence-electron chi connectivity index (χ1n) is 9.26. The highest BCUT2D eigenvalue weighted by molar-refractivity contribution is 6.22. The molecule has 2 heterocycles. The Kier molecular flexibility index (Phi) is 4.96. The first-order chi connectivity index (χ1) is 13.6. The Morgan fingerprint density at radius 1 is 1.04 bits per heavy atom. The quantitative estimate of drug-likeness (QED) is 0.764. The summed E-state index contributed by atoms with van der Waals surface area (Å²) in [5.74, 6) is 0.0478. The zero-order valence-corrected chi connectivity index (χ0v) is 15.6. The fourth-order valence-electron chi connectivity index (χ4n) is 3.80. The Morgan fingerprint density at radius 3 is 2.36 bits per heavy atom. The number of benzene rings is 2. The maximum atomic E-state index is 13.1. The summed E-state index contributed by atoms with van der Waals surface area (Å²) in [7, 11) is 1.57. The highest BCUT2D eigenvalue weighted by Gasteiger charge is 2.42. The first-order valence-corrected chi connectivity index (χ1v) is 9.26. The molecule has 0 aliphatic carbocycles. The second-order valence-corrected chi connectivity index (χ2v) is 6.97. The minimum Gasteiger partial charge on any atom is -0.497 e. The Morgan fingerprint density at radius 2 is 1.75 bits per heavy atom. The van der Waals surface area contributed by atoms with Crippen molar-refractivity contribution >= 4 is 23.1 Å². The van der Waals surface area contributed by atoms with Gasteiger partial charge in [0.15, 0.2) is 0 Å². The van der Waals surface area contributed by atoms with Gasteiger partial charge < -0.3 is 4.74 Å². The standard InChI is InChI=1S/C22H21FN2O3/c1-28-19-8-6-18(7-9-19)25-21(26)14-20(22(25)27)24-12-10-16(11-13-24)15-2-4-17(23)5-3-15/h2-10,20H,11-14H2,1H3. The zero-order chi connectivity index (χ0) is 19.7. The van der Waals surface area contributed by atoms with Gasteiger partial charge in [0.1, 0.15) is 11.6 Å². The van der Waals surface area contributed by atoms with Crippen LogP contribution in [-0.4, -0.2) is 43.0 Å². The topological polar surface area (TPSA) is 49.9 Å². The number of imide groups is 1. The van der Waals surface area contributed by atoms with Crippen LogP contribution in [0.2, 0.25) is 0 Å². The van der Waals surface area contributed by atoms with Crippen LogP contribution in [0, 0.1) is 5.82 Å². The third-order valence-corrected chi connectivity index (χ3v) is 5.35. The molecular formula is C22H21FN2O3. The molecule has 2 aromatic rings. The smallest absolute Gasteiger partial charge is 0.251 e. The van der Waals surface area contributed by atoms with E-state index in [1.54, 1.807) is 43.5 Å². The lowest BCUT2D eigenvalue weighted by Gasteiger charge is -2.30. The maximum absolute atomic E-state index is 13.1. The van der Waals surface area contributed by atoms with E-state index in [-0.39, 0.29) is 24.1 Å². The Balaban J connectivity index is 1.47. The number of anilines is 1. The molecule has 1 saturated heterocycles. The van der Waals surface area contributed by atoms with Crippen molar-refractivity contribution in [3.8, 4) is 5.75 Å². The average molecular weight is 380 g/mol. The summed E-state index contributed by atoms with van der Waals surface area (Å²) >= 11 is 0. The van der Waals surface area contributed by atoms with Gasteiger partial charge in [-0.15, -0.1) is 0 Å². The predicted octanol–water partition coefficient (Wildman–Crippen LogP) is 3.26. The normalized spacial score (nSPS) is 20.4. The minimum absolute atomic E-state index is 0.185. The Bertz CT molecular complexity index is 922. The van der Waals surface area contributed by atoms with Crippen molar-refractivity contribution in [2.75, 3.05) is 25.1 Å². The minimum atomic E-state index is -0.444. The molecule has 0 N–H and O–H groups in total. The van der Waals surface area contributed by atoms with Crippen molar-refractivity contribution in [2.45, 2.75) is 18.9 Å². The number of carbonyl (C=O) groups excluding carboxylic acids is 2. The number of ether oxygens (including phenoxy) is 1. The summed E-state index contributed by atoms with van der Waals surface area (Å²) in [5.41, 5.74) is 2.70. The Hall–Kier alpha value is -2.99. The van der Waals surface area contributed by atoms with Gasteiger partial charge >= 0.3 is 0 Å². The van der Waals surface area contributed by atoms with E-state index in [2.05, 4.69) is 6.08 Å². The van der Waals surface area contributed by atoms with Crippen molar-refractivity contribution in [3.05, 3.63) is 66.0 Å². The monoisotopic (exact) mass is 380 g/mol. The van der Waals surface area contributed by atoms with Gasteiger partial charge in [0.2, 0.25) is 5.91 Å². The highest BCUT2D eigenvalue weighted by atomic mass is 19.1. The van der Waals surface area contributed by atoms with E-state index in [0.29, 0.717) is 24.5 Å². The average Bonchev–Trinajstić information content (AvgIpc) is 3.03. The molecule has 0 bridgehead atoms. The van der Waals surface area contributed by atoms with E-state index >= 15 is 0 Å². The van der Waals surface area contributed by atoms with E-state index in [0.717, 1.165) is 17.6 Å². The molecule has 0 spiro atoms. The van der Waals surface area contributed by atoms with Crippen LogP contribution in [0.4, 0.5) is 10.1 Å². The number of methoxy groups -OCH3 is 1. The number of hydrogen-bond acceptors (Lipinski definition) is 4. The van der Waals surface area contributed by atoms with Crippen LogP contribution >= 0.6 is 0 Å². The Labute approximate surface area is 163 Å². The van der Waals surface area contributed by atoms with Gasteiger partial charge in [-0.3, -0.25) is 14.5 Å². The van der Waals surface area contributed by atoms with Crippen LogP contribution in [0.25, 0.3) is 5.57 Å². The number of halogens is 1. The van der Waals surface area contributed by atoms with Crippen LogP contribution in [0.15, 0.2) is 54.6 Å². The maximum Gasteiger partial charge on any atom is 0.251 e. The van der Waals surface area contributed by atoms with Crippen molar-refractivity contribution in [3.63, 3.8) is 0 Å². The largest absolute Gasteiger partial charge is 0.497 e. The number of carbonyl (C=O) groups is 2. The SMILES string of the molecule is COc1ccc(N2C(=O)CC(N3CC=C(c4ccc(F)cc4)CC3)C2=O)cc1. The molecule has 0 aromatic heterocycles. The fraction of sp³-hybridized carbons (Fsp3) is 0.273. The summed E-state index contributed by atoms with van der Waals surface area (Å²) < 4.78 is 18.2. The van der Waals surface area contributed by atoms with Gasteiger partial charge in [-0.05, 0) is 54.0 Å². The summed E-state index contributed by atoms with van der Waals surface area (Å²) in [6, 6.07) is 12.9. The van der Waals surface area contributed by atoms with E-state index in [1.165, 1.54) is 17.0 Å². The van der Waals surface area contributed by atoms with Crippen LogP contribution in [-0.2, 0) is 9.59 Å². The molecule has 5 nitrogen and oxygen atoms in total. The molecule has 2 aliphatic heterocycles. The molecule has 0 radical (unpaired) electrons. The lowest BCUT2D eigenvalue weighted by Crippen LogP contribution is -2.44. The van der Waals surface area contributed by atoms with E-state index < -0.39 is 6.04 Å². The zero-order valence-electron chi connectivity index (χ0n) is 15.6. The molecular weight excluding hydrogens is 359 g/mol. The number of rotatable bonds is 4. The molecule has 1 unspecified atom stereocenters. The van der Waals surface area contributed by atoms with E-state index in [9.17, 15) is 14.0 Å². The molecule has 2 amide bonds. The van der Waals surface area contributed by atoms with Crippen molar-refractivity contribution in [2.24, 2.45) is 0 Å². The molecule has 4 rings (SSSR count). The van der Waals surface area contributed by atoms with Crippen molar-refractivity contribution in [1.29, 1.82) is 0 Å². The molecule has 28 heavy (non-hydrogen) atoms. The van der Waals surface area contributed by atoms with Crippen molar-refractivity contribution in [1.82, 2.24) is 4.90 Å². The van der Waals surface area contributed by atoms with Gasteiger partial charge in [-0.1, -0.05) is 18.2 Å². The van der Waals surface area contributed by atoms with Crippen molar-refractivity contribution < 1.29 is 18.7 Å². The molecule has 6 heteroatoms. The van der Waals surface area contributed by atoms with Gasteiger partial charge in [-0.2, -0.15) is 0 Å². The number of hydrogen-bond donors (Lipinski definition) is 0. The van der Waals surface area contributed by atoms with Crippen LogP contribution in [0.1, 0.15) is 18.4 Å². The summed E-state index contributed by atoms with van der Waals surface area (Å²) in [6.07, 6.45) is 3.00. The number of nitrogens with zero attached hydrogens (tertiary/aromatic N) is 2. The lowest BCUT2D eigenvalue weighted by atomic mass is 9.98. The van der Waals surface area contributed by atoms with Crippen LogP contribution in [0.5, 0.6) is 5.75 Å². The van der Waals surface area contributed by atoms with Gasteiger partial charge in [0, 0.05) is 13.1 Å². The van der Waals surface area contributed by atoms with Gasteiger partial charge in [0.25, 0.3) is 5.91 Å². The molecule has 2 aromatic carbocycles. The second-order valence-electron chi connectivity index (χ2n) is 6.97. The molecule has 144 valence electrons. The fourth-order valence-corrected chi connectivity index (χ4v) is 3.80. The van der Waals surface area contributed by atoms with Gasteiger partial charge in [-0.25, -0.2) is 9.29 Å². The lowest BCUT2D eigenvalue weighted by molar-refractivity contribution is -0.122. The van der Waals surface area contributed by atoms with E-state index in [4.69, 9.17) is 4.74 Å². The highest BCUT2D eigenvalue weighted by Crippen LogP contribution is 2.30. The summed E-state index contributed by atoms with van der Waals surface area (Å²) in [5, 5.41) is 0. The molecule has 0 saturated carbocycles. The van der Waals surface area contributed by atoms with E-state index in [1.807, 2.05) is 4.90 Å². The van der Waals surface area contributed by atoms with Crippen LogP contribution in [0.3, 0.4) is 0 Å². The molecule has 1 atom stereocenters. The van der Waals surface area contributed by atoms with Gasteiger partial charge in [0.05, 0.1) is 25.3 Å². The molecule has 2 aliphatic rings. The predicted molar refractivity (Wildman–Crippen MR) is 104 cm³/mol. The summed E-state index contributed by atoms with van der Waals surface area (Å²) in [4.78, 5) is 28.7. The van der Waals surface area contributed by atoms with Crippen LogP contribution < -0.4 is 9.64 Å².